The Morgan fingerprint density at radius 1 is 1.17 bits per heavy atom. The first-order valence-corrected chi connectivity index (χ1v) is 6.15. The lowest BCUT2D eigenvalue weighted by Gasteiger charge is -2.14. The zero-order valence-electron chi connectivity index (χ0n) is 11.3. The minimum Gasteiger partial charge on any atom is -0.338 e. The van der Waals surface area contributed by atoms with Crippen LogP contribution in [-0.2, 0) is 6.54 Å². The number of hydrogen-bond acceptors (Lipinski definition) is 4. The third-order valence-corrected chi connectivity index (χ3v) is 2.87. The first kappa shape index (κ1) is 12.8. The Balaban J connectivity index is 2.01. The number of benzene rings is 1. The topological polar surface area (TPSA) is 51.0 Å². The Morgan fingerprint density at radius 3 is 2.39 bits per heavy atom. The number of aryl methyl sites for hydroxylation is 3. The summed E-state index contributed by atoms with van der Waals surface area (Å²) in [5.74, 6) is 1.30. The first-order valence-electron chi connectivity index (χ1n) is 6.15. The van der Waals surface area contributed by atoms with Crippen molar-refractivity contribution in [3.05, 3.63) is 46.6 Å². The molecule has 18 heavy (non-hydrogen) atoms. The van der Waals surface area contributed by atoms with Crippen molar-refractivity contribution in [1.82, 2.24) is 15.5 Å². The molecule has 2 aromatic rings. The van der Waals surface area contributed by atoms with Gasteiger partial charge in [-0.25, -0.2) is 0 Å². The smallest absolute Gasteiger partial charge is 0.240 e. The molecule has 1 heterocycles. The molecule has 0 fully saturated rings. The molecule has 4 heteroatoms. The largest absolute Gasteiger partial charge is 0.338 e. The molecule has 0 aliphatic rings. The standard InChI is InChI=1S/C14H19N3O/c1-9-5-10(2)7-13(6-9)11(3)15-8-14-16-12(4)17-18-14/h5-7,11,15H,8H2,1-4H3. The molecule has 1 unspecified atom stereocenters. The molecule has 4 nitrogen and oxygen atoms in total. The van der Waals surface area contributed by atoms with Gasteiger partial charge < -0.3 is 9.84 Å². The van der Waals surface area contributed by atoms with Crippen molar-refractivity contribution in [3.63, 3.8) is 0 Å². The summed E-state index contributed by atoms with van der Waals surface area (Å²) in [6.45, 7) is 8.78. The molecule has 0 radical (unpaired) electrons. The van der Waals surface area contributed by atoms with Crippen LogP contribution in [0.3, 0.4) is 0 Å². The molecule has 1 aromatic carbocycles. The molecule has 0 saturated carbocycles. The highest BCUT2D eigenvalue weighted by Crippen LogP contribution is 2.16. The molecule has 1 atom stereocenters. The van der Waals surface area contributed by atoms with E-state index in [9.17, 15) is 0 Å². The van der Waals surface area contributed by atoms with Gasteiger partial charge in [0, 0.05) is 6.04 Å². The highest BCUT2D eigenvalue weighted by atomic mass is 16.5. The minimum atomic E-state index is 0.260. The van der Waals surface area contributed by atoms with Gasteiger partial charge in [0.2, 0.25) is 5.89 Å². The lowest BCUT2D eigenvalue weighted by molar-refractivity contribution is 0.357. The van der Waals surface area contributed by atoms with Crippen molar-refractivity contribution in [2.75, 3.05) is 0 Å². The van der Waals surface area contributed by atoms with Gasteiger partial charge in [0.1, 0.15) is 0 Å². The summed E-state index contributed by atoms with van der Waals surface area (Å²) in [7, 11) is 0. The van der Waals surface area contributed by atoms with E-state index in [2.05, 4.69) is 54.4 Å². The van der Waals surface area contributed by atoms with Gasteiger partial charge in [-0.15, -0.1) is 0 Å². The molecule has 0 bridgehead atoms. The molecule has 0 amide bonds. The van der Waals surface area contributed by atoms with Crippen molar-refractivity contribution in [3.8, 4) is 0 Å². The lowest BCUT2D eigenvalue weighted by atomic mass is 10.0. The normalized spacial score (nSPS) is 12.7. The Hall–Kier alpha value is -1.68. The van der Waals surface area contributed by atoms with Gasteiger partial charge in [-0.3, -0.25) is 0 Å². The van der Waals surface area contributed by atoms with Gasteiger partial charge in [-0.05, 0) is 33.3 Å². The fraction of sp³-hybridized carbons (Fsp3) is 0.429. The van der Waals surface area contributed by atoms with E-state index in [0.29, 0.717) is 18.3 Å². The molecule has 0 spiro atoms. The number of hydrogen-bond donors (Lipinski definition) is 1. The predicted molar refractivity (Wildman–Crippen MR) is 70.2 cm³/mol. The van der Waals surface area contributed by atoms with Gasteiger partial charge in [-0.2, -0.15) is 4.98 Å². The van der Waals surface area contributed by atoms with Gasteiger partial charge in [0.05, 0.1) is 6.54 Å². The van der Waals surface area contributed by atoms with E-state index >= 15 is 0 Å². The fourth-order valence-corrected chi connectivity index (χ4v) is 2.03. The maximum absolute atomic E-state index is 5.07. The van der Waals surface area contributed by atoms with E-state index in [1.807, 2.05) is 6.92 Å². The highest BCUT2D eigenvalue weighted by Gasteiger charge is 2.08. The predicted octanol–water partition coefficient (Wildman–Crippen LogP) is 2.85. The lowest BCUT2D eigenvalue weighted by Crippen LogP contribution is -2.18. The molecule has 2 rings (SSSR count). The maximum Gasteiger partial charge on any atom is 0.240 e. The summed E-state index contributed by atoms with van der Waals surface area (Å²) in [6, 6.07) is 6.83. The molecule has 0 aliphatic heterocycles. The molecule has 0 aliphatic carbocycles. The van der Waals surface area contributed by atoms with Crippen molar-refractivity contribution in [2.45, 2.75) is 40.3 Å². The van der Waals surface area contributed by atoms with E-state index in [1.54, 1.807) is 0 Å². The number of rotatable bonds is 4. The minimum absolute atomic E-state index is 0.260. The van der Waals surface area contributed by atoms with Crippen molar-refractivity contribution in [2.24, 2.45) is 0 Å². The zero-order valence-corrected chi connectivity index (χ0v) is 11.3. The summed E-state index contributed by atoms with van der Waals surface area (Å²) in [5, 5.41) is 7.16. The van der Waals surface area contributed by atoms with Crippen molar-refractivity contribution >= 4 is 0 Å². The summed E-state index contributed by atoms with van der Waals surface area (Å²) < 4.78 is 5.07. The van der Waals surface area contributed by atoms with E-state index in [0.717, 1.165) is 0 Å². The van der Waals surface area contributed by atoms with Crippen molar-refractivity contribution < 1.29 is 4.52 Å². The molecule has 1 N–H and O–H groups in total. The number of aromatic nitrogens is 2. The van der Waals surface area contributed by atoms with Gasteiger partial charge in [0.15, 0.2) is 5.82 Å². The van der Waals surface area contributed by atoms with Gasteiger partial charge in [-0.1, -0.05) is 34.5 Å². The van der Waals surface area contributed by atoms with Crippen LogP contribution in [0.2, 0.25) is 0 Å². The molecular weight excluding hydrogens is 226 g/mol. The average molecular weight is 245 g/mol. The fourth-order valence-electron chi connectivity index (χ4n) is 2.03. The van der Waals surface area contributed by atoms with Crippen LogP contribution < -0.4 is 5.32 Å². The summed E-state index contributed by atoms with van der Waals surface area (Å²) in [4.78, 5) is 4.17. The van der Waals surface area contributed by atoms with Crippen LogP contribution in [0.1, 0.15) is 41.4 Å². The van der Waals surface area contributed by atoms with E-state index in [4.69, 9.17) is 4.52 Å². The van der Waals surface area contributed by atoms with E-state index in [1.165, 1.54) is 16.7 Å². The Labute approximate surface area is 107 Å². The Kier molecular flexibility index (Phi) is 3.77. The summed E-state index contributed by atoms with van der Waals surface area (Å²) >= 11 is 0. The van der Waals surface area contributed by atoms with Crippen LogP contribution in [0, 0.1) is 20.8 Å². The van der Waals surface area contributed by atoms with E-state index < -0.39 is 0 Å². The summed E-state index contributed by atoms with van der Waals surface area (Å²) in [6.07, 6.45) is 0. The maximum atomic E-state index is 5.07. The van der Waals surface area contributed by atoms with Gasteiger partial charge >= 0.3 is 0 Å². The second-order valence-electron chi connectivity index (χ2n) is 4.76. The average Bonchev–Trinajstić information content (AvgIpc) is 2.70. The van der Waals surface area contributed by atoms with Crippen LogP contribution in [0.4, 0.5) is 0 Å². The SMILES string of the molecule is Cc1cc(C)cc(C(C)NCc2nc(C)no2)c1. The second kappa shape index (κ2) is 5.31. The third-order valence-electron chi connectivity index (χ3n) is 2.87. The van der Waals surface area contributed by atoms with Gasteiger partial charge in [0.25, 0.3) is 0 Å². The molecule has 1 aromatic heterocycles. The Bertz CT molecular complexity index is 513. The quantitative estimate of drug-likeness (QED) is 0.900. The second-order valence-corrected chi connectivity index (χ2v) is 4.76. The first-order chi connectivity index (χ1) is 8.54. The van der Waals surface area contributed by atoms with Crippen molar-refractivity contribution in [1.29, 1.82) is 0 Å². The van der Waals surface area contributed by atoms with Crippen LogP contribution >= 0.6 is 0 Å². The molecule has 96 valence electrons. The highest BCUT2D eigenvalue weighted by molar-refractivity contribution is 5.30. The number of nitrogens with one attached hydrogen (secondary N) is 1. The van der Waals surface area contributed by atoms with Crippen LogP contribution in [0.25, 0.3) is 0 Å². The Morgan fingerprint density at radius 2 is 1.83 bits per heavy atom. The molecular formula is C14H19N3O. The van der Waals surface area contributed by atoms with Crippen LogP contribution in [0.15, 0.2) is 22.7 Å². The van der Waals surface area contributed by atoms with Crippen LogP contribution in [0.5, 0.6) is 0 Å². The monoisotopic (exact) mass is 245 g/mol. The molecule has 0 saturated heterocycles. The van der Waals surface area contributed by atoms with Crippen LogP contribution in [-0.4, -0.2) is 10.1 Å². The summed E-state index contributed by atoms with van der Waals surface area (Å²) in [5.41, 5.74) is 3.85. The zero-order chi connectivity index (χ0) is 13.1. The third kappa shape index (κ3) is 3.17. The number of nitrogens with zero attached hydrogens (tertiary/aromatic N) is 2. The van der Waals surface area contributed by atoms with E-state index in [-0.39, 0.29) is 6.04 Å².